The van der Waals surface area contributed by atoms with Gasteiger partial charge in [-0.05, 0) is 56.0 Å². The number of carbonyl (C=O) groups is 1. The summed E-state index contributed by atoms with van der Waals surface area (Å²) in [6, 6.07) is 14.1. The maximum absolute atomic E-state index is 12.7. The fraction of sp³-hybridized carbons (Fsp3) is 0.500. The van der Waals surface area contributed by atoms with Gasteiger partial charge in [0.05, 0.1) is 12.2 Å². The quantitative estimate of drug-likeness (QED) is 0.476. The van der Waals surface area contributed by atoms with E-state index in [0.29, 0.717) is 19.1 Å². The van der Waals surface area contributed by atoms with Crippen molar-refractivity contribution < 1.29 is 9.53 Å². The number of likely N-dealkylation sites (tertiary alicyclic amines) is 1. The van der Waals surface area contributed by atoms with Crippen molar-refractivity contribution in [2.24, 2.45) is 10.9 Å². The lowest BCUT2D eigenvalue weighted by Gasteiger charge is -2.21. The number of benzene rings is 1. The first-order valence-electron chi connectivity index (χ1n) is 12.2. The summed E-state index contributed by atoms with van der Waals surface area (Å²) in [5, 5.41) is 6.86. The Morgan fingerprint density at radius 2 is 1.97 bits per heavy atom. The topological polar surface area (TPSA) is 78.9 Å². The molecule has 2 heterocycles. The van der Waals surface area contributed by atoms with Crippen molar-refractivity contribution in [3.63, 3.8) is 0 Å². The minimum Gasteiger partial charge on any atom is -0.487 e. The molecule has 2 N–H and O–H groups in total. The van der Waals surface area contributed by atoms with Gasteiger partial charge >= 0.3 is 0 Å². The molecule has 1 aliphatic carbocycles. The second kappa shape index (κ2) is 11.7. The highest BCUT2D eigenvalue weighted by atomic mass is 16.5. The fourth-order valence-corrected chi connectivity index (χ4v) is 4.52. The Morgan fingerprint density at radius 1 is 1.15 bits per heavy atom. The summed E-state index contributed by atoms with van der Waals surface area (Å²) >= 11 is 0. The molecule has 1 unspecified atom stereocenters. The molecular formula is C26H35N5O2. The lowest BCUT2D eigenvalue weighted by molar-refractivity contribution is -0.134. The van der Waals surface area contributed by atoms with Crippen LogP contribution in [0.5, 0.6) is 5.75 Å². The van der Waals surface area contributed by atoms with Gasteiger partial charge in [-0.25, -0.2) is 4.99 Å². The van der Waals surface area contributed by atoms with Crippen molar-refractivity contribution in [1.29, 1.82) is 0 Å². The number of hydrogen-bond donors (Lipinski definition) is 2. The first kappa shape index (κ1) is 23.1. The lowest BCUT2D eigenvalue weighted by atomic mass is 10.1. The number of rotatable bonds is 8. The molecule has 7 heteroatoms. The zero-order valence-electron chi connectivity index (χ0n) is 19.5. The number of aliphatic imine (C=N–C) groups is 1. The van der Waals surface area contributed by atoms with Gasteiger partial charge < -0.3 is 20.3 Å². The minimum atomic E-state index is 0.246. The Balaban J connectivity index is 1.26. The highest BCUT2D eigenvalue weighted by molar-refractivity contribution is 5.81. The Kier molecular flexibility index (Phi) is 8.17. The summed E-state index contributed by atoms with van der Waals surface area (Å²) in [6.07, 6.45) is 7.24. The molecule has 1 amide bonds. The third kappa shape index (κ3) is 6.70. The number of nitrogens with one attached hydrogen (secondary N) is 2. The van der Waals surface area contributed by atoms with Gasteiger partial charge in [0.25, 0.3) is 0 Å². The summed E-state index contributed by atoms with van der Waals surface area (Å²) < 4.78 is 5.81. The van der Waals surface area contributed by atoms with Gasteiger partial charge in [0.15, 0.2) is 5.96 Å². The maximum atomic E-state index is 12.7. The minimum absolute atomic E-state index is 0.246. The van der Waals surface area contributed by atoms with E-state index in [1.807, 2.05) is 47.4 Å². The number of amides is 1. The van der Waals surface area contributed by atoms with Gasteiger partial charge in [0.2, 0.25) is 5.91 Å². The summed E-state index contributed by atoms with van der Waals surface area (Å²) in [6.45, 7) is 5.50. The smallest absolute Gasteiger partial charge is 0.225 e. The zero-order chi connectivity index (χ0) is 22.9. The van der Waals surface area contributed by atoms with E-state index in [9.17, 15) is 4.79 Å². The number of pyridine rings is 1. The lowest BCUT2D eigenvalue weighted by Crippen LogP contribution is -2.45. The van der Waals surface area contributed by atoms with E-state index in [-0.39, 0.29) is 12.0 Å². The summed E-state index contributed by atoms with van der Waals surface area (Å²) in [7, 11) is 0. The number of nitrogens with zero attached hydrogens (tertiary/aromatic N) is 3. The number of ether oxygens (including phenoxy) is 1. The van der Waals surface area contributed by atoms with Gasteiger partial charge in [0, 0.05) is 37.8 Å². The van der Waals surface area contributed by atoms with Crippen molar-refractivity contribution in [2.75, 3.05) is 19.6 Å². The van der Waals surface area contributed by atoms with Crippen LogP contribution in [0.4, 0.5) is 0 Å². The predicted octanol–water partition coefficient (Wildman–Crippen LogP) is 3.51. The van der Waals surface area contributed by atoms with E-state index < -0.39 is 0 Å². The molecule has 7 nitrogen and oxygen atoms in total. The Morgan fingerprint density at radius 3 is 2.70 bits per heavy atom. The SMILES string of the molecule is CCNC(=NCc1ccc(OCc2ccccn2)cc1)NC1CCN(C(=O)C2CCCC2)C1. The third-order valence-electron chi connectivity index (χ3n) is 6.35. The van der Waals surface area contributed by atoms with Crippen LogP contribution < -0.4 is 15.4 Å². The number of carbonyl (C=O) groups excluding carboxylic acids is 1. The van der Waals surface area contributed by atoms with Crippen molar-refractivity contribution in [3.05, 3.63) is 59.9 Å². The van der Waals surface area contributed by atoms with Crippen LogP contribution in [-0.4, -0.2) is 47.4 Å². The van der Waals surface area contributed by atoms with E-state index in [1.165, 1.54) is 12.8 Å². The Hall–Kier alpha value is -3.09. The molecule has 0 bridgehead atoms. The van der Waals surface area contributed by atoms with Gasteiger partial charge in [0.1, 0.15) is 12.4 Å². The number of guanidine groups is 1. The van der Waals surface area contributed by atoms with E-state index in [1.54, 1.807) is 6.20 Å². The van der Waals surface area contributed by atoms with E-state index in [0.717, 1.165) is 61.9 Å². The standard InChI is InChI=1S/C26H35N5O2/c1-2-27-26(30-22-14-16-31(18-22)25(32)21-7-3-4-8-21)29-17-20-10-12-24(13-11-20)33-19-23-9-5-6-15-28-23/h5-6,9-13,15,21-22H,2-4,7-8,14,16-19H2,1H3,(H2,27,29,30). The molecule has 33 heavy (non-hydrogen) atoms. The van der Waals surface area contributed by atoms with Crippen LogP contribution in [0.25, 0.3) is 0 Å². The van der Waals surface area contributed by atoms with Crippen molar-refractivity contribution in [3.8, 4) is 5.75 Å². The average molecular weight is 450 g/mol. The molecule has 1 aromatic carbocycles. The number of hydrogen-bond acceptors (Lipinski definition) is 4. The van der Waals surface area contributed by atoms with Gasteiger partial charge in [-0.15, -0.1) is 0 Å². The zero-order valence-corrected chi connectivity index (χ0v) is 19.5. The van der Waals surface area contributed by atoms with E-state index in [2.05, 4.69) is 22.5 Å². The number of aromatic nitrogens is 1. The molecule has 0 spiro atoms. The fourth-order valence-electron chi connectivity index (χ4n) is 4.52. The molecule has 2 fully saturated rings. The van der Waals surface area contributed by atoms with Crippen LogP contribution in [-0.2, 0) is 17.9 Å². The monoisotopic (exact) mass is 449 g/mol. The summed E-state index contributed by atoms with van der Waals surface area (Å²) in [5.41, 5.74) is 2.02. The van der Waals surface area contributed by atoms with Crippen molar-refractivity contribution in [2.45, 2.75) is 58.2 Å². The molecule has 0 radical (unpaired) electrons. The first-order chi connectivity index (χ1) is 16.2. The first-order valence-corrected chi connectivity index (χ1v) is 12.2. The molecule has 176 valence electrons. The molecule has 1 aliphatic heterocycles. The Bertz CT molecular complexity index is 910. The van der Waals surface area contributed by atoms with Crippen LogP contribution >= 0.6 is 0 Å². The molecule has 1 saturated carbocycles. The summed E-state index contributed by atoms with van der Waals surface area (Å²) in [5.74, 6) is 2.22. The predicted molar refractivity (Wildman–Crippen MR) is 130 cm³/mol. The molecule has 1 saturated heterocycles. The van der Waals surface area contributed by atoms with E-state index >= 15 is 0 Å². The van der Waals surface area contributed by atoms with Crippen LogP contribution in [0.2, 0.25) is 0 Å². The van der Waals surface area contributed by atoms with Crippen LogP contribution in [0.1, 0.15) is 50.3 Å². The average Bonchev–Trinajstić information content (AvgIpc) is 3.55. The van der Waals surface area contributed by atoms with Gasteiger partial charge in [-0.3, -0.25) is 9.78 Å². The van der Waals surface area contributed by atoms with Crippen molar-refractivity contribution in [1.82, 2.24) is 20.5 Å². The molecule has 2 aliphatic rings. The van der Waals surface area contributed by atoms with Crippen LogP contribution in [0.15, 0.2) is 53.7 Å². The van der Waals surface area contributed by atoms with Gasteiger partial charge in [-0.2, -0.15) is 0 Å². The molecule has 4 rings (SSSR count). The van der Waals surface area contributed by atoms with Crippen molar-refractivity contribution >= 4 is 11.9 Å². The highest BCUT2D eigenvalue weighted by Crippen LogP contribution is 2.27. The largest absolute Gasteiger partial charge is 0.487 e. The maximum Gasteiger partial charge on any atom is 0.225 e. The van der Waals surface area contributed by atoms with Crippen LogP contribution in [0, 0.1) is 5.92 Å². The molecule has 2 aromatic rings. The van der Waals surface area contributed by atoms with E-state index in [4.69, 9.17) is 9.73 Å². The normalized spacial score (nSPS) is 19.0. The Labute approximate surface area is 196 Å². The second-order valence-electron chi connectivity index (χ2n) is 8.84. The molecule has 1 atom stereocenters. The molecule has 1 aromatic heterocycles. The summed E-state index contributed by atoms with van der Waals surface area (Å²) in [4.78, 5) is 23.8. The highest BCUT2D eigenvalue weighted by Gasteiger charge is 2.32. The van der Waals surface area contributed by atoms with Crippen LogP contribution in [0.3, 0.4) is 0 Å². The third-order valence-corrected chi connectivity index (χ3v) is 6.35. The second-order valence-corrected chi connectivity index (χ2v) is 8.84. The molecular weight excluding hydrogens is 414 g/mol. The van der Waals surface area contributed by atoms with Gasteiger partial charge in [-0.1, -0.05) is 31.0 Å².